The summed E-state index contributed by atoms with van der Waals surface area (Å²) in [6.07, 6.45) is 8.28. The lowest BCUT2D eigenvalue weighted by Gasteiger charge is -2.24. The standard InChI is InChI=1S/C15H22O/c1-11(2)15-13(4)6-5-7-14(15)10-12(3)8-9-16/h8-11H,5-7H2,1-4H3/b12-8+,14-10+. The maximum Gasteiger partial charge on any atom is 0.143 e. The van der Waals surface area contributed by atoms with Gasteiger partial charge in [0, 0.05) is 0 Å². The Balaban J connectivity index is 3.07. The van der Waals surface area contributed by atoms with E-state index in [0.717, 1.165) is 18.3 Å². The normalized spacial score (nSPS) is 20.8. The third kappa shape index (κ3) is 3.19. The molecule has 0 heterocycles. The molecule has 88 valence electrons. The van der Waals surface area contributed by atoms with Gasteiger partial charge in [-0.15, -0.1) is 0 Å². The Morgan fingerprint density at radius 3 is 2.56 bits per heavy atom. The van der Waals surface area contributed by atoms with Gasteiger partial charge >= 0.3 is 0 Å². The lowest BCUT2D eigenvalue weighted by Crippen LogP contribution is -2.07. The first-order chi connectivity index (χ1) is 7.56. The fraction of sp³-hybridized carbons (Fsp3) is 0.533. The molecular weight excluding hydrogens is 196 g/mol. The summed E-state index contributed by atoms with van der Waals surface area (Å²) in [5.41, 5.74) is 5.50. The van der Waals surface area contributed by atoms with Crippen LogP contribution in [0.25, 0.3) is 0 Å². The Morgan fingerprint density at radius 1 is 1.31 bits per heavy atom. The second-order valence-electron chi connectivity index (χ2n) is 4.92. The number of aldehydes is 1. The summed E-state index contributed by atoms with van der Waals surface area (Å²) in [6, 6.07) is 0. The highest BCUT2D eigenvalue weighted by atomic mass is 16.1. The first-order valence-electron chi connectivity index (χ1n) is 6.09. The summed E-state index contributed by atoms with van der Waals surface area (Å²) in [5, 5.41) is 0. The van der Waals surface area contributed by atoms with Gasteiger partial charge in [0.15, 0.2) is 0 Å². The molecule has 0 aromatic carbocycles. The molecule has 1 aliphatic rings. The van der Waals surface area contributed by atoms with Crippen LogP contribution in [0, 0.1) is 5.92 Å². The van der Waals surface area contributed by atoms with E-state index in [1.807, 2.05) is 6.92 Å². The van der Waals surface area contributed by atoms with Crippen molar-refractivity contribution < 1.29 is 4.79 Å². The van der Waals surface area contributed by atoms with Crippen LogP contribution in [-0.2, 0) is 4.79 Å². The zero-order valence-electron chi connectivity index (χ0n) is 10.8. The van der Waals surface area contributed by atoms with E-state index >= 15 is 0 Å². The minimum atomic E-state index is 0.579. The van der Waals surface area contributed by atoms with Crippen molar-refractivity contribution in [2.75, 3.05) is 0 Å². The zero-order valence-corrected chi connectivity index (χ0v) is 10.8. The van der Waals surface area contributed by atoms with Crippen LogP contribution in [0.1, 0.15) is 47.0 Å². The summed E-state index contributed by atoms with van der Waals surface area (Å²) >= 11 is 0. The van der Waals surface area contributed by atoms with Gasteiger partial charge in [-0.3, -0.25) is 4.79 Å². The molecule has 0 unspecified atom stereocenters. The van der Waals surface area contributed by atoms with Crippen LogP contribution in [0.2, 0.25) is 0 Å². The Labute approximate surface area is 98.9 Å². The second-order valence-corrected chi connectivity index (χ2v) is 4.92. The highest BCUT2D eigenvalue weighted by Crippen LogP contribution is 2.34. The maximum absolute atomic E-state index is 10.4. The van der Waals surface area contributed by atoms with E-state index in [4.69, 9.17) is 0 Å². The fourth-order valence-electron chi connectivity index (χ4n) is 2.53. The Kier molecular flexibility index (Phi) is 4.72. The molecule has 0 N–H and O–H groups in total. The van der Waals surface area contributed by atoms with Gasteiger partial charge in [0.25, 0.3) is 0 Å². The number of allylic oxidation sites excluding steroid dienone is 6. The second kappa shape index (κ2) is 5.83. The van der Waals surface area contributed by atoms with Crippen LogP contribution < -0.4 is 0 Å². The first-order valence-corrected chi connectivity index (χ1v) is 6.09. The molecule has 0 aliphatic heterocycles. The SMILES string of the molecule is CC1=C(C(C)C)/C(=C/C(C)=C/C=O)CCC1. The highest BCUT2D eigenvalue weighted by Gasteiger charge is 2.17. The quantitative estimate of drug-likeness (QED) is 0.512. The topological polar surface area (TPSA) is 17.1 Å². The molecule has 0 saturated carbocycles. The maximum atomic E-state index is 10.4. The Morgan fingerprint density at radius 2 is 2.00 bits per heavy atom. The van der Waals surface area contributed by atoms with E-state index in [1.54, 1.807) is 6.08 Å². The van der Waals surface area contributed by atoms with Crippen molar-refractivity contribution in [3.63, 3.8) is 0 Å². The summed E-state index contributed by atoms with van der Waals surface area (Å²) in [4.78, 5) is 10.4. The minimum absolute atomic E-state index is 0.579. The van der Waals surface area contributed by atoms with Gasteiger partial charge in [0.2, 0.25) is 0 Å². The van der Waals surface area contributed by atoms with E-state index < -0.39 is 0 Å². The monoisotopic (exact) mass is 218 g/mol. The van der Waals surface area contributed by atoms with Crippen molar-refractivity contribution in [1.29, 1.82) is 0 Å². The predicted molar refractivity (Wildman–Crippen MR) is 69.3 cm³/mol. The molecule has 0 aromatic rings. The molecule has 0 saturated heterocycles. The summed E-state index contributed by atoms with van der Waals surface area (Å²) in [7, 11) is 0. The van der Waals surface area contributed by atoms with Crippen molar-refractivity contribution in [3.05, 3.63) is 34.4 Å². The first kappa shape index (κ1) is 13.0. The molecule has 1 aliphatic carbocycles. The number of hydrogen-bond acceptors (Lipinski definition) is 1. The van der Waals surface area contributed by atoms with Crippen molar-refractivity contribution in [1.82, 2.24) is 0 Å². The molecular formula is C15H22O. The van der Waals surface area contributed by atoms with Crippen LogP contribution in [0.15, 0.2) is 34.4 Å². The fourth-order valence-corrected chi connectivity index (χ4v) is 2.53. The molecule has 0 fully saturated rings. The number of carbonyl (C=O) groups is 1. The van der Waals surface area contributed by atoms with Crippen LogP contribution in [0.5, 0.6) is 0 Å². The molecule has 0 spiro atoms. The number of hydrogen-bond donors (Lipinski definition) is 0. The number of carbonyl (C=O) groups excluding carboxylic acids is 1. The largest absolute Gasteiger partial charge is 0.299 e. The average Bonchev–Trinajstić information content (AvgIpc) is 2.17. The molecule has 0 aromatic heterocycles. The molecule has 1 heteroatoms. The van der Waals surface area contributed by atoms with Gasteiger partial charge in [-0.1, -0.05) is 25.5 Å². The van der Waals surface area contributed by atoms with Crippen molar-refractivity contribution in [2.24, 2.45) is 5.92 Å². The van der Waals surface area contributed by atoms with Crippen LogP contribution in [0.4, 0.5) is 0 Å². The van der Waals surface area contributed by atoms with Crippen molar-refractivity contribution in [3.8, 4) is 0 Å². The number of rotatable bonds is 3. The molecule has 0 amide bonds. The molecule has 1 nitrogen and oxygen atoms in total. The lowest BCUT2D eigenvalue weighted by molar-refractivity contribution is -0.104. The van der Waals surface area contributed by atoms with Gasteiger partial charge in [0.1, 0.15) is 6.29 Å². The van der Waals surface area contributed by atoms with E-state index in [0.29, 0.717) is 5.92 Å². The zero-order chi connectivity index (χ0) is 12.1. The third-order valence-corrected chi connectivity index (χ3v) is 3.11. The van der Waals surface area contributed by atoms with Crippen molar-refractivity contribution in [2.45, 2.75) is 47.0 Å². The van der Waals surface area contributed by atoms with Gasteiger partial charge in [-0.2, -0.15) is 0 Å². The summed E-state index contributed by atoms with van der Waals surface area (Å²) in [6.45, 7) is 8.72. The van der Waals surface area contributed by atoms with Gasteiger partial charge in [0.05, 0.1) is 0 Å². The third-order valence-electron chi connectivity index (χ3n) is 3.11. The molecule has 0 atom stereocenters. The molecule has 16 heavy (non-hydrogen) atoms. The minimum Gasteiger partial charge on any atom is -0.299 e. The molecule has 0 radical (unpaired) electrons. The summed E-state index contributed by atoms with van der Waals surface area (Å²) < 4.78 is 0. The average molecular weight is 218 g/mol. The molecule has 1 rings (SSSR count). The van der Waals surface area contributed by atoms with Crippen LogP contribution >= 0.6 is 0 Å². The van der Waals surface area contributed by atoms with Gasteiger partial charge < -0.3 is 0 Å². The van der Waals surface area contributed by atoms with Gasteiger partial charge in [-0.25, -0.2) is 0 Å². The lowest BCUT2D eigenvalue weighted by atomic mass is 9.81. The smallest absolute Gasteiger partial charge is 0.143 e. The van der Waals surface area contributed by atoms with E-state index in [-0.39, 0.29) is 0 Å². The predicted octanol–water partition coefficient (Wildman–Crippen LogP) is 4.21. The van der Waals surface area contributed by atoms with Gasteiger partial charge in [-0.05, 0) is 61.8 Å². The van der Waals surface area contributed by atoms with E-state index in [2.05, 4.69) is 26.8 Å². The Bertz CT molecular complexity index is 354. The van der Waals surface area contributed by atoms with Crippen LogP contribution in [0.3, 0.4) is 0 Å². The van der Waals surface area contributed by atoms with Crippen molar-refractivity contribution >= 4 is 6.29 Å². The Hall–Kier alpha value is -1.11. The van der Waals surface area contributed by atoms with E-state index in [1.165, 1.54) is 29.6 Å². The highest BCUT2D eigenvalue weighted by molar-refractivity contribution is 5.67. The molecule has 0 bridgehead atoms. The van der Waals surface area contributed by atoms with Crippen LogP contribution in [-0.4, -0.2) is 6.29 Å². The van der Waals surface area contributed by atoms with E-state index in [9.17, 15) is 4.79 Å². The summed E-state index contributed by atoms with van der Waals surface area (Å²) in [5.74, 6) is 0.579.